The molecule has 27 heavy (non-hydrogen) atoms. The van der Waals surface area contributed by atoms with Gasteiger partial charge in [-0.3, -0.25) is 15.4 Å². The summed E-state index contributed by atoms with van der Waals surface area (Å²) in [6.45, 7) is 0.993. The maximum Gasteiger partial charge on any atom is 0.327 e. The highest BCUT2D eigenvalue weighted by Crippen LogP contribution is 2.21. The summed E-state index contributed by atoms with van der Waals surface area (Å²) in [5.41, 5.74) is 2.04. The van der Waals surface area contributed by atoms with E-state index in [1.165, 1.54) is 13.0 Å². The van der Waals surface area contributed by atoms with Crippen molar-refractivity contribution >= 4 is 17.6 Å². The van der Waals surface area contributed by atoms with Crippen LogP contribution in [0.5, 0.6) is 0 Å². The molecule has 0 saturated carbocycles. The Balaban J connectivity index is 1.75. The highest BCUT2D eigenvalue weighted by Gasteiger charge is 2.20. The highest BCUT2D eigenvalue weighted by molar-refractivity contribution is 6.01. The third-order valence-electron chi connectivity index (χ3n) is 4.00. The molecule has 0 unspecified atom stereocenters. The predicted molar refractivity (Wildman–Crippen MR) is 98.3 cm³/mol. The summed E-state index contributed by atoms with van der Waals surface area (Å²) in [6.07, 6.45) is 3.42. The fourth-order valence-corrected chi connectivity index (χ4v) is 2.53. The Bertz CT molecular complexity index is 934. The first kappa shape index (κ1) is 18.2. The topological polar surface area (TPSA) is 84.9 Å². The maximum absolute atomic E-state index is 13.9. The number of amides is 2. The summed E-state index contributed by atoms with van der Waals surface area (Å²) in [6, 6.07) is 9.82. The van der Waals surface area contributed by atoms with Gasteiger partial charge in [0.25, 0.3) is 0 Å². The van der Waals surface area contributed by atoms with Crippen LogP contribution in [-0.4, -0.2) is 27.0 Å². The number of hydrogen-bond donors (Lipinski definition) is 3. The summed E-state index contributed by atoms with van der Waals surface area (Å²) in [5, 5.41) is 17.0. The number of amidine groups is 1. The Morgan fingerprint density at radius 2 is 1.81 bits per heavy atom. The van der Waals surface area contributed by atoms with E-state index in [-0.39, 0.29) is 17.9 Å². The molecule has 0 aliphatic carbocycles. The van der Waals surface area contributed by atoms with Crippen molar-refractivity contribution < 1.29 is 13.6 Å². The largest absolute Gasteiger partial charge is 0.327 e. The Hall–Kier alpha value is -3.55. The number of anilines is 1. The van der Waals surface area contributed by atoms with Crippen LogP contribution in [0.1, 0.15) is 12.5 Å². The molecular weight excluding hydrogens is 352 g/mol. The highest BCUT2D eigenvalue weighted by atomic mass is 19.1. The van der Waals surface area contributed by atoms with Gasteiger partial charge in [0.1, 0.15) is 17.5 Å². The molecular formula is C19H17F2N5O. The zero-order valence-corrected chi connectivity index (χ0v) is 14.5. The molecule has 0 saturated heterocycles. The Morgan fingerprint density at radius 3 is 2.37 bits per heavy atom. The Kier molecular flexibility index (Phi) is 5.25. The van der Waals surface area contributed by atoms with Crippen molar-refractivity contribution in [3.8, 4) is 11.1 Å². The van der Waals surface area contributed by atoms with E-state index < -0.39 is 17.7 Å². The van der Waals surface area contributed by atoms with E-state index in [4.69, 9.17) is 5.41 Å². The summed E-state index contributed by atoms with van der Waals surface area (Å²) < 4.78 is 27.7. The molecule has 2 aromatic carbocycles. The maximum atomic E-state index is 13.9. The standard InChI is InChI=1S/C19H17F2N5O/c1-12(22)26(11-16-17(20)3-2-4-18(16)21)19(27)25-15-7-5-13(6-8-15)14-9-23-24-10-14/h2-10,22H,11H2,1H3,(H,23,24)(H,25,27). The van der Waals surface area contributed by atoms with Crippen molar-refractivity contribution in [2.75, 3.05) is 5.32 Å². The van der Waals surface area contributed by atoms with Gasteiger partial charge in [-0.15, -0.1) is 0 Å². The molecule has 2 amide bonds. The van der Waals surface area contributed by atoms with Crippen LogP contribution in [0, 0.1) is 17.0 Å². The van der Waals surface area contributed by atoms with Gasteiger partial charge in [-0.1, -0.05) is 18.2 Å². The molecule has 6 nitrogen and oxygen atoms in total. The van der Waals surface area contributed by atoms with Crippen molar-refractivity contribution in [2.45, 2.75) is 13.5 Å². The van der Waals surface area contributed by atoms with Crippen LogP contribution < -0.4 is 5.32 Å². The number of aromatic amines is 1. The van der Waals surface area contributed by atoms with Crippen molar-refractivity contribution in [3.63, 3.8) is 0 Å². The van der Waals surface area contributed by atoms with Crippen LogP contribution in [0.25, 0.3) is 11.1 Å². The number of hydrogen-bond acceptors (Lipinski definition) is 3. The van der Waals surface area contributed by atoms with E-state index in [1.807, 2.05) is 0 Å². The molecule has 0 atom stereocenters. The van der Waals surface area contributed by atoms with Gasteiger partial charge < -0.3 is 5.32 Å². The van der Waals surface area contributed by atoms with Crippen LogP contribution in [0.2, 0.25) is 0 Å². The third kappa shape index (κ3) is 4.17. The van der Waals surface area contributed by atoms with Crippen LogP contribution in [0.4, 0.5) is 19.3 Å². The number of carbonyl (C=O) groups excluding carboxylic acids is 1. The quantitative estimate of drug-likeness (QED) is 0.471. The minimum Gasteiger partial charge on any atom is -0.308 e. The Morgan fingerprint density at radius 1 is 1.15 bits per heavy atom. The molecule has 0 aliphatic rings. The molecule has 0 spiro atoms. The van der Waals surface area contributed by atoms with E-state index in [2.05, 4.69) is 15.5 Å². The lowest BCUT2D eigenvalue weighted by molar-refractivity contribution is 0.231. The Labute approximate surface area is 154 Å². The monoisotopic (exact) mass is 369 g/mol. The number of nitrogens with one attached hydrogen (secondary N) is 3. The van der Waals surface area contributed by atoms with Gasteiger partial charge in [0.15, 0.2) is 0 Å². The van der Waals surface area contributed by atoms with E-state index in [9.17, 15) is 13.6 Å². The zero-order chi connectivity index (χ0) is 19.4. The molecule has 1 heterocycles. The molecule has 0 aliphatic heterocycles. The zero-order valence-electron chi connectivity index (χ0n) is 14.5. The molecule has 3 aromatic rings. The van der Waals surface area contributed by atoms with Crippen LogP contribution in [0.15, 0.2) is 54.9 Å². The summed E-state index contributed by atoms with van der Waals surface area (Å²) in [7, 11) is 0. The first-order chi connectivity index (χ1) is 13.0. The van der Waals surface area contributed by atoms with Gasteiger partial charge in [-0.2, -0.15) is 5.10 Å². The summed E-state index contributed by atoms with van der Waals surface area (Å²) in [5.74, 6) is -1.66. The van der Waals surface area contributed by atoms with Crippen LogP contribution in [0.3, 0.4) is 0 Å². The van der Waals surface area contributed by atoms with E-state index in [0.717, 1.165) is 28.2 Å². The molecule has 1 aromatic heterocycles. The molecule has 0 bridgehead atoms. The van der Waals surface area contributed by atoms with Gasteiger partial charge in [0.2, 0.25) is 0 Å². The average molecular weight is 369 g/mol. The minimum absolute atomic E-state index is 0.134. The molecule has 3 rings (SSSR count). The summed E-state index contributed by atoms with van der Waals surface area (Å²) >= 11 is 0. The van der Waals surface area contributed by atoms with Crippen LogP contribution in [-0.2, 0) is 6.54 Å². The number of urea groups is 1. The first-order valence-electron chi connectivity index (χ1n) is 8.11. The van der Waals surface area contributed by atoms with Gasteiger partial charge in [-0.25, -0.2) is 13.6 Å². The average Bonchev–Trinajstić information content (AvgIpc) is 3.16. The molecule has 3 N–H and O–H groups in total. The minimum atomic E-state index is -0.765. The number of carbonyl (C=O) groups is 1. The number of benzene rings is 2. The van der Waals surface area contributed by atoms with E-state index >= 15 is 0 Å². The number of H-pyrrole nitrogens is 1. The predicted octanol–water partition coefficient (Wildman–Crippen LogP) is 4.39. The fourth-order valence-electron chi connectivity index (χ4n) is 2.53. The fraction of sp³-hybridized carbons (Fsp3) is 0.105. The van der Waals surface area contributed by atoms with Gasteiger partial charge in [0, 0.05) is 23.0 Å². The second kappa shape index (κ2) is 7.77. The van der Waals surface area contributed by atoms with Crippen molar-refractivity contribution in [1.29, 1.82) is 5.41 Å². The van der Waals surface area contributed by atoms with Crippen LogP contribution >= 0.6 is 0 Å². The van der Waals surface area contributed by atoms with Gasteiger partial charge in [0.05, 0.1) is 12.7 Å². The molecule has 0 fully saturated rings. The lowest BCUT2D eigenvalue weighted by atomic mass is 10.1. The van der Waals surface area contributed by atoms with Crippen molar-refractivity contribution in [3.05, 3.63) is 72.1 Å². The summed E-state index contributed by atoms with van der Waals surface area (Å²) in [4.78, 5) is 13.5. The van der Waals surface area contributed by atoms with E-state index in [1.54, 1.807) is 36.7 Å². The lowest BCUT2D eigenvalue weighted by Gasteiger charge is -2.22. The molecule has 8 heteroatoms. The smallest absolute Gasteiger partial charge is 0.308 e. The van der Waals surface area contributed by atoms with E-state index in [0.29, 0.717) is 5.69 Å². The molecule has 138 valence electrons. The second-order valence-corrected chi connectivity index (χ2v) is 5.87. The third-order valence-corrected chi connectivity index (χ3v) is 4.00. The van der Waals surface area contributed by atoms with Crippen molar-refractivity contribution in [2.24, 2.45) is 0 Å². The van der Waals surface area contributed by atoms with Crippen molar-refractivity contribution in [1.82, 2.24) is 15.1 Å². The number of aromatic nitrogens is 2. The first-order valence-corrected chi connectivity index (χ1v) is 8.11. The second-order valence-electron chi connectivity index (χ2n) is 5.87. The number of rotatable bonds is 4. The van der Waals surface area contributed by atoms with Gasteiger partial charge >= 0.3 is 6.03 Å². The lowest BCUT2D eigenvalue weighted by Crippen LogP contribution is -2.38. The number of halogens is 2. The SMILES string of the molecule is CC(=N)N(Cc1c(F)cccc1F)C(=O)Nc1ccc(-c2cn[nH]c2)cc1. The normalized spacial score (nSPS) is 10.5. The van der Waals surface area contributed by atoms with Gasteiger partial charge in [-0.05, 0) is 36.8 Å². The molecule has 0 radical (unpaired) electrons. The number of nitrogens with zero attached hydrogens (tertiary/aromatic N) is 2.